The Labute approximate surface area is 174 Å². The zero-order valence-electron chi connectivity index (χ0n) is 16.7. The molecule has 0 unspecified atom stereocenters. The predicted octanol–water partition coefficient (Wildman–Crippen LogP) is 2.04. The Morgan fingerprint density at radius 1 is 1.06 bits per heavy atom. The van der Waals surface area contributed by atoms with Gasteiger partial charge in [0.15, 0.2) is 17.0 Å². The van der Waals surface area contributed by atoms with Crippen LogP contribution < -0.4 is 26.2 Å². The highest BCUT2D eigenvalue weighted by Crippen LogP contribution is 2.30. The molecule has 9 nitrogen and oxygen atoms in total. The first-order valence-corrected chi connectivity index (χ1v) is 9.18. The molecular formula is C21H18FN5O4. The largest absolute Gasteiger partial charge is 0.493 e. The standard InChI is InChI=1S/C21H18FN5O4/c1-30-14-7-6-12(9-15(14)31-2)19-24-16-17(20(28)26-19)25-21(29)27(18(16)23)13-5-3-4-11(8-13)10-22/h3-9,23H,10H2,1-2H3,(H,25,29)(H,24,26,28). The van der Waals surface area contributed by atoms with E-state index in [2.05, 4.69) is 15.0 Å². The summed E-state index contributed by atoms with van der Waals surface area (Å²) in [7, 11) is 2.99. The minimum atomic E-state index is -0.714. The van der Waals surface area contributed by atoms with Crippen molar-refractivity contribution in [2.24, 2.45) is 0 Å². The van der Waals surface area contributed by atoms with Crippen LogP contribution in [0.15, 0.2) is 52.1 Å². The lowest BCUT2D eigenvalue weighted by atomic mass is 10.2. The summed E-state index contributed by atoms with van der Waals surface area (Å²) in [6.45, 7) is -0.714. The maximum Gasteiger partial charge on any atom is 0.332 e. The molecule has 0 amide bonds. The minimum Gasteiger partial charge on any atom is -0.493 e. The second-order valence-electron chi connectivity index (χ2n) is 6.63. The highest BCUT2D eigenvalue weighted by atomic mass is 19.1. The van der Waals surface area contributed by atoms with Gasteiger partial charge in [0.1, 0.15) is 23.5 Å². The maximum absolute atomic E-state index is 13.1. The number of fused-ring (bicyclic) bond motifs is 1. The molecule has 0 aliphatic heterocycles. The maximum atomic E-state index is 13.1. The Morgan fingerprint density at radius 2 is 1.84 bits per heavy atom. The molecule has 0 spiro atoms. The third-order valence-corrected chi connectivity index (χ3v) is 4.78. The van der Waals surface area contributed by atoms with E-state index in [1.165, 1.54) is 20.3 Å². The van der Waals surface area contributed by atoms with E-state index in [9.17, 15) is 14.0 Å². The summed E-state index contributed by atoms with van der Waals surface area (Å²) in [5.41, 5.74) is -0.594. The summed E-state index contributed by atoms with van der Waals surface area (Å²) in [5.74, 6) is 1.13. The molecule has 0 atom stereocenters. The second-order valence-corrected chi connectivity index (χ2v) is 6.63. The zero-order chi connectivity index (χ0) is 22.1. The average Bonchev–Trinajstić information content (AvgIpc) is 2.79. The normalized spacial score (nSPS) is 10.9. The van der Waals surface area contributed by atoms with Crippen LogP contribution in [0.4, 0.5) is 4.39 Å². The highest BCUT2D eigenvalue weighted by molar-refractivity contribution is 5.75. The molecule has 0 saturated carbocycles. The number of halogens is 1. The van der Waals surface area contributed by atoms with Crippen LogP contribution in [0, 0.1) is 5.41 Å². The SMILES string of the molecule is COc1ccc(-c2nc3c(=N)n(-c4cccc(CF)c4)c(=O)[nH]c3c(=O)[nH]2)cc1OC. The fourth-order valence-electron chi connectivity index (χ4n) is 3.28. The molecule has 0 saturated heterocycles. The first-order valence-electron chi connectivity index (χ1n) is 9.18. The fourth-order valence-corrected chi connectivity index (χ4v) is 3.28. The van der Waals surface area contributed by atoms with Crippen LogP contribution in [0.25, 0.3) is 28.1 Å². The number of aromatic amines is 2. The van der Waals surface area contributed by atoms with Gasteiger partial charge in [-0.2, -0.15) is 0 Å². The molecule has 31 heavy (non-hydrogen) atoms. The van der Waals surface area contributed by atoms with Crippen molar-refractivity contribution < 1.29 is 13.9 Å². The topological polar surface area (TPSA) is 126 Å². The van der Waals surface area contributed by atoms with Crippen LogP contribution in [-0.4, -0.2) is 33.7 Å². The first-order chi connectivity index (χ1) is 15.0. The molecule has 0 fully saturated rings. The van der Waals surface area contributed by atoms with Crippen molar-refractivity contribution in [2.45, 2.75) is 6.67 Å². The minimum absolute atomic E-state index is 0.0150. The summed E-state index contributed by atoms with van der Waals surface area (Å²) in [4.78, 5) is 34.7. The number of methoxy groups -OCH3 is 2. The van der Waals surface area contributed by atoms with E-state index in [1.54, 1.807) is 36.4 Å². The second kappa shape index (κ2) is 7.90. The number of H-pyrrole nitrogens is 2. The van der Waals surface area contributed by atoms with E-state index in [1.807, 2.05) is 0 Å². The van der Waals surface area contributed by atoms with Crippen LogP contribution in [0.2, 0.25) is 0 Å². The number of nitrogens with one attached hydrogen (secondary N) is 3. The number of hydrogen-bond acceptors (Lipinski definition) is 6. The van der Waals surface area contributed by atoms with E-state index in [4.69, 9.17) is 14.9 Å². The van der Waals surface area contributed by atoms with Gasteiger partial charge in [0.05, 0.1) is 19.9 Å². The van der Waals surface area contributed by atoms with Crippen LogP contribution in [0.5, 0.6) is 11.5 Å². The lowest BCUT2D eigenvalue weighted by Gasteiger charge is -2.11. The Bertz CT molecular complexity index is 1470. The van der Waals surface area contributed by atoms with Crippen molar-refractivity contribution >= 4 is 11.0 Å². The molecule has 4 rings (SSSR count). The summed E-state index contributed by atoms with van der Waals surface area (Å²) < 4.78 is 24.6. The van der Waals surface area contributed by atoms with Gasteiger partial charge in [-0.15, -0.1) is 0 Å². The lowest BCUT2D eigenvalue weighted by Crippen LogP contribution is -2.36. The van der Waals surface area contributed by atoms with Crippen molar-refractivity contribution in [3.05, 3.63) is 74.4 Å². The number of hydrogen-bond donors (Lipinski definition) is 3. The van der Waals surface area contributed by atoms with E-state index in [0.717, 1.165) is 4.57 Å². The van der Waals surface area contributed by atoms with Crippen LogP contribution in [-0.2, 0) is 6.67 Å². The van der Waals surface area contributed by atoms with Gasteiger partial charge in [0, 0.05) is 5.56 Å². The van der Waals surface area contributed by atoms with Crippen molar-refractivity contribution in [1.29, 1.82) is 5.41 Å². The number of aromatic nitrogens is 4. The molecule has 2 aromatic carbocycles. The van der Waals surface area contributed by atoms with Gasteiger partial charge in [0.2, 0.25) is 0 Å². The molecule has 0 aliphatic rings. The molecule has 0 aliphatic carbocycles. The molecule has 0 radical (unpaired) electrons. The molecule has 3 N–H and O–H groups in total. The molecule has 10 heteroatoms. The Morgan fingerprint density at radius 3 is 2.55 bits per heavy atom. The molecule has 2 aromatic heterocycles. The van der Waals surface area contributed by atoms with Crippen LogP contribution >= 0.6 is 0 Å². The lowest BCUT2D eigenvalue weighted by molar-refractivity contribution is 0.355. The van der Waals surface area contributed by atoms with Gasteiger partial charge < -0.3 is 19.4 Å². The Kier molecular flexibility index (Phi) is 5.12. The molecule has 2 heterocycles. The quantitative estimate of drug-likeness (QED) is 0.453. The molecule has 0 bridgehead atoms. The highest BCUT2D eigenvalue weighted by Gasteiger charge is 2.15. The fraction of sp³-hybridized carbons (Fsp3) is 0.143. The van der Waals surface area contributed by atoms with Gasteiger partial charge in [0.25, 0.3) is 5.56 Å². The number of nitrogens with zero attached hydrogens (tertiary/aromatic N) is 2. The van der Waals surface area contributed by atoms with Crippen LogP contribution in [0.1, 0.15) is 5.56 Å². The van der Waals surface area contributed by atoms with E-state index in [0.29, 0.717) is 22.6 Å². The van der Waals surface area contributed by atoms with E-state index < -0.39 is 17.9 Å². The van der Waals surface area contributed by atoms with E-state index in [-0.39, 0.29) is 28.0 Å². The average molecular weight is 423 g/mol. The number of rotatable bonds is 5. The van der Waals surface area contributed by atoms with Gasteiger partial charge in [-0.3, -0.25) is 10.2 Å². The van der Waals surface area contributed by atoms with Crippen LogP contribution in [0.3, 0.4) is 0 Å². The van der Waals surface area contributed by atoms with Gasteiger partial charge in [-0.05, 0) is 35.9 Å². The predicted molar refractivity (Wildman–Crippen MR) is 112 cm³/mol. The summed E-state index contributed by atoms with van der Waals surface area (Å²) in [5, 5.41) is 8.53. The van der Waals surface area contributed by atoms with Crippen molar-refractivity contribution in [3.8, 4) is 28.6 Å². The van der Waals surface area contributed by atoms with Crippen molar-refractivity contribution in [2.75, 3.05) is 14.2 Å². The number of ether oxygens (including phenoxy) is 2. The number of benzene rings is 2. The summed E-state index contributed by atoms with van der Waals surface area (Å²) in [6, 6.07) is 11.2. The Balaban J connectivity index is 1.97. The number of alkyl halides is 1. The first kappa shape index (κ1) is 20.1. The van der Waals surface area contributed by atoms with Crippen molar-refractivity contribution in [1.82, 2.24) is 19.5 Å². The van der Waals surface area contributed by atoms with Gasteiger partial charge in [-0.25, -0.2) is 18.7 Å². The third-order valence-electron chi connectivity index (χ3n) is 4.78. The third kappa shape index (κ3) is 3.48. The molecule has 158 valence electrons. The zero-order valence-corrected chi connectivity index (χ0v) is 16.7. The van der Waals surface area contributed by atoms with Gasteiger partial charge in [-0.1, -0.05) is 12.1 Å². The Hall–Kier alpha value is -4.21. The monoisotopic (exact) mass is 423 g/mol. The summed E-state index contributed by atoms with van der Waals surface area (Å²) in [6.07, 6.45) is 0. The van der Waals surface area contributed by atoms with E-state index >= 15 is 0 Å². The summed E-state index contributed by atoms with van der Waals surface area (Å²) >= 11 is 0. The smallest absolute Gasteiger partial charge is 0.332 e. The van der Waals surface area contributed by atoms with Crippen molar-refractivity contribution in [3.63, 3.8) is 0 Å². The van der Waals surface area contributed by atoms with Gasteiger partial charge >= 0.3 is 5.69 Å². The molecule has 4 aromatic rings. The molecular weight excluding hydrogens is 405 g/mol.